The molecule has 0 saturated heterocycles. The predicted octanol–water partition coefficient (Wildman–Crippen LogP) is 1.50. The first-order valence-corrected chi connectivity index (χ1v) is 4.79. The highest BCUT2D eigenvalue weighted by molar-refractivity contribution is 6.33. The molecule has 0 aliphatic heterocycles. The molecular weight excluding hydrogens is 202 g/mol. The SMILES string of the molecule is CC(CCO)Nc1ncc(N)cc1Cl. The number of halogens is 1. The zero-order chi connectivity index (χ0) is 10.6. The standard InChI is InChI=1S/C9H14ClN3O/c1-6(2-3-14)13-9-8(10)4-7(11)5-12-9/h4-6,14H,2-3,11H2,1H3,(H,12,13). The lowest BCUT2D eigenvalue weighted by molar-refractivity contribution is 0.282. The van der Waals surface area contributed by atoms with Crippen molar-refractivity contribution >= 4 is 23.1 Å². The van der Waals surface area contributed by atoms with Crippen molar-refractivity contribution in [2.45, 2.75) is 19.4 Å². The van der Waals surface area contributed by atoms with Crippen LogP contribution in [0.4, 0.5) is 11.5 Å². The summed E-state index contributed by atoms with van der Waals surface area (Å²) in [7, 11) is 0. The Hall–Kier alpha value is -1.00. The lowest BCUT2D eigenvalue weighted by Crippen LogP contribution is -2.17. The van der Waals surface area contributed by atoms with Gasteiger partial charge in [-0.25, -0.2) is 4.98 Å². The Labute approximate surface area is 88.1 Å². The molecule has 0 fully saturated rings. The maximum Gasteiger partial charge on any atom is 0.145 e. The molecule has 0 bridgehead atoms. The van der Waals surface area contributed by atoms with Gasteiger partial charge in [-0.3, -0.25) is 0 Å². The van der Waals surface area contributed by atoms with Crippen LogP contribution in [0, 0.1) is 0 Å². The zero-order valence-electron chi connectivity index (χ0n) is 8.00. The number of nitrogens with two attached hydrogens (primary N) is 1. The molecule has 0 saturated carbocycles. The summed E-state index contributed by atoms with van der Waals surface area (Å²) in [4.78, 5) is 4.05. The molecule has 1 atom stereocenters. The van der Waals surface area contributed by atoms with E-state index in [1.807, 2.05) is 6.92 Å². The minimum Gasteiger partial charge on any atom is -0.397 e. The number of aliphatic hydroxyl groups excluding tert-OH is 1. The smallest absolute Gasteiger partial charge is 0.145 e. The second-order valence-electron chi connectivity index (χ2n) is 3.16. The number of rotatable bonds is 4. The van der Waals surface area contributed by atoms with E-state index in [9.17, 15) is 0 Å². The topological polar surface area (TPSA) is 71.2 Å². The number of pyridine rings is 1. The van der Waals surface area contributed by atoms with Crippen molar-refractivity contribution in [3.8, 4) is 0 Å². The summed E-state index contributed by atoms with van der Waals surface area (Å²) in [5.74, 6) is 0.599. The molecule has 4 N–H and O–H groups in total. The van der Waals surface area contributed by atoms with E-state index in [0.717, 1.165) is 0 Å². The average Bonchev–Trinajstić information content (AvgIpc) is 2.10. The molecule has 1 unspecified atom stereocenters. The van der Waals surface area contributed by atoms with Gasteiger partial charge in [0.25, 0.3) is 0 Å². The molecule has 1 rings (SSSR count). The summed E-state index contributed by atoms with van der Waals surface area (Å²) in [6, 6.07) is 1.77. The first-order valence-electron chi connectivity index (χ1n) is 4.42. The van der Waals surface area contributed by atoms with Gasteiger partial charge in [-0.05, 0) is 19.4 Å². The maximum atomic E-state index is 8.71. The molecule has 0 aliphatic carbocycles. The predicted molar refractivity (Wildman–Crippen MR) is 58.4 cm³/mol. The number of hydrogen-bond acceptors (Lipinski definition) is 4. The van der Waals surface area contributed by atoms with Crippen molar-refractivity contribution in [2.24, 2.45) is 0 Å². The molecular formula is C9H14ClN3O. The number of aromatic nitrogens is 1. The third-order valence-electron chi connectivity index (χ3n) is 1.81. The van der Waals surface area contributed by atoms with Crippen molar-refractivity contribution in [3.05, 3.63) is 17.3 Å². The Morgan fingerprint density at radius 3 is 3.00 bits per heavy atom. The van der Waals surface area contributed by atoms with Gasteiger partial charge >= 0.3 is 0 Å². The molecule has 5 heteroatoms. The normalized spacial score (nSPS) is 12.5. The lowest BCUT2D eigenvalue weighted by Gasteiger charge is -2.14. The van der Waals surface area contributed by atoms with Gasteiger partial charge in [0.2, 0.25) is 0 Å². The Kier molecular flexibility index (Phi) is 3.98. The highest BCUT2D eigenvalue weighted by Crippen LogP contribution is 2.21. The Morgan fingerprint density at radius 1 is 1.71 bits per heavy atom. The summed E-state index contributed by atoms with van der Waals surface area (Å²) in [5, 5.41) is 12.3. The molecule has 78 valence electrons. The van der Waals surface area contributed by atoms with E-state index < -0.39 is 0 Å². The van der Waals surface area contributed by atoms with Crippen molar-refractivity contribution in [1.29, 1.82) is 0 Å². The first kappa shape index (κ1) is 11.1. The molecule has 4 nitrogen and oxygen atoms in total. The van der Waals surface area contributed by atoms with Gasteiger partial charge in [0.05, 0.1) is 16.9 Å². The van der Waals surface area contributed by atoms with Crippen molar-refractivity contribution in [3.63, 3.8) is 0 Å². The molecule has 1 aromatic rings. The molecule has 1 heterocycles. The van der Waals surface area contributed by atoms with Crippen LogP contribution in [0.5, 0.6) is 0 Å². The number of anilines is 2. The minimum absolute atomic E-state index is 0.133. The van der Waals surface area contributed by atoms with Crippen LogP contribution in [-0.2, 0) is 0 Å². The van der Waals surface area contributed by atoms with Crippen LogP contribution in [0.1, 0.15) is 13.3 Å². The fraction of sp³-hybridized carbons (Fsp3) is 0.444. The fourth-order valence-corrected chi connectivity index (χ4v) is 1.29. The van der Waals surface area contributed by atoms with Crippen LogP contribution >= 0.6 is 11.6 Å². The van der Waals surface area contributed by atoms with E-state index in [2.05, 4.69) is 10.3 Å². The Balaban J connectivity index is 2.67. The Morgan fingerprint density at radius 2 is 2.43 bits per heavy atom. The van der Waals surface area contributed by atoms with Crippen LogP contribution < -0.4 is 11.1 Å². The van der Waals surface area contributed by atoms with Gasteiger partial charge < -0.3 is 16.2 Å². The van der Waals surface area contributed by atoms with Crippen LogP contribution in [-0.4, -0.2) is 22.7 Å². The van der Waals surface area contributed by atoms with Gasteiger partial charge in [0.1, 0.15) is 5.82 Å². The highest BCUT2D eigenvalue weighted by atomic mass is 35.5. The van der Waals surface area contributed by atoms with Crippen LogP contribution in [0.15, 0.2) is 12.3 Å². The van der Waals surface area contributed by atoms with E-state index >= 15 is 0 Å². The zero-order valence-corrected chi connectivity index (χ0v) is 8.75. The lowest BCUT2D eigenvalue weighted by atomic mass is 10.2. The largest absolute Gasteiger partial charge is 0.397 e. The summed E-state index contributed by atoms with van der Waals surface area (Å²) in [5.41, 5.74) is 6.04. The number of hydrogen-bond donors (Lipinski definition) is 3. The third-order valence-corrected chi connectivity index (χ3v) is 2.10. The van der Waals surface area contributed by atoms with Gasteiger partial charge in [-0.1, -0.05) is 11.6 Å². The monoisotopic (exact) mass is 215 g/mol. The molecule has 0 amide bonds. The maximum absolute atomic E-state index is 8.71. The highest BCUT2D eigenvalue weighted by Gasteiger charge is 2.05. The van der Waals surface area contributed by atoms with Gasteiger partial charge in [-0.2, -0.15) is 0 Å². The molecule has 0 aromatic carbocycles. The van der Waals surface area contributed by atoms with Crippen molar-refractivity contribution < 1.29 is 5.11 Å². The quantitative estimate of drug-likeness (QED) is 0.712. The third kappa shape index (κ3) is 3.05. The molecule has 1 aromatic heterocycles. The van der Waals surface area contributed by atoms with Crippen LogP contribution in [0.3, 0.4) is 0 Å². The van der Waals surface area contributed by atoms with E-state index in [4.69, 9.17) is 22.4 Å². The second kappa shape index (κ2) is 5.02. The average molecular weight is 216 g/mol. The number of nitrogens with one attached hydrogen (secondary N) is 1. The van der Waals surface area contributed by atoms with E-state index in [-0.39, 0.29) is 12.6 Å². The molecule has 14 heavy (non-hydrogen) atoms. The Bertz CT molecular complexity index is 306. The number of nitrogen functional groups attached to an aromatic ring is 1. The summed E-state index contributed by atoms with van der Waals surface area (Å²) >= 11 is 5.91. The van der Waals surface area contributed by atoms with Crippen LogP contribution in [0.2, 0.25) is 5.02 Å². The molecule has 0 radical (unpaired) electrons. The van der Waals surface area contributed by atoms with Gasteiger partial charge in [-0.15, -0.1) is 0 Å². The number of nitrogens with zero attached hydrogens (tertiary/aromatic N) is 1. The molecule has 0 spiro atoms. The van der Waals surface area contributed by atoms with Crippen LogP contribution in [0.25, 0.3) is 0 Å². The minimum atomic E-state index is 0.133. The van der Waals surface area contributed by atoms with E-state index in [1.165, 1.54) is 0 Å². The van der Waals surface area contributed by atoms with Gasteiger partial charge in [0.15, 0.2) is 0 Å². The van der Waals surface area contributed by atoms with Crippen molar-refractivity contribution in [1.82, 2.24) is 4.98 Å². The summed E-state index contributed by atoms with van der Waals surface area (Å²) in [6.07, 6.45) is 2.20. The van der Waals surface area contributed by atoms with Gasteiger partial charge in [0, 0.05) is 12.6 Å². The molecule has 0 aliphatic rings. The summed E-state index contributed by atoms with van der Waals surface area (Å²) in [6.45, 7) is 2.09. The fourth-order valence-electron chi connectivity index (χ4n) is 1.06. The van der Waals surface area contributed by atoms with E-state index in [1.54, 1.807) is 12.3 Å². The number of aliphatic hydroxyl groups is 1. The summed E-state index contributed by atoms with van der Waals surface area (Å²) < 4.78 is 0. The second-order valence-corrected chi connectivity index (χ2v) is 3.56. The van der Waals surface area contributed by atoms with Crippen molar-refractivity contribution in [2.75, 3.05) is 17.7 Å². The first-order chi connectivity index (χ1) is 6.63. The van der Waals surface area contributed by atoms with E-state index in [0.29, 0.717) is 22.9 Å².